The van der Waals surface area contributed by atoms with Crippen LogP contribution < -0.4 is 0 Å². The first-order valence-corrected chi connectivity index (χ1v) is 10.4. The number of likely N-dealkylation sites (tertiary alicyclic amines) is 1. The predicted molar refractivity (Wildman–Crippen MR) is 112 cm³/mol. The van der Waals surface area contributed by atoms with E-state index in [-0.39, 0.29) is 5.41 Å². The van der Waals surface area contributed by atoms with Gasteiger partial charge in [-0.25, -0.2) is 0 Å². The standard InChI is InChI=1S/C24H32N2O2/c1-17(2)18-5-7-21(8-6-18)24(27,23(3)15-26(4)16-23)22-11-20(12-25-13-22)19-9-10-28-14-19/h5-8,11-13,17,19,27H,9-10,14-16H2,1-4H3. The molecule has 2 aliphatic heterocycles. The lowest BCUT2D eigenvalue weighted by atomic mass is 9.62. The van der Waals surface area contributed by atoms with Gasteiger partial charge in [-0.05, 0) is 42.1 Å². The van der Waals surface area contributed by atoms with Crippen LogP contribution in [0.1, 0.15) is 61.3 Å². The normalized spacial score (nSPS) is 24.1. The van der Waals surface area contributed by atoms with Gasteiger partial charge in [-0.1, -0.05) is 45.0 Å². The summed E-state index contributed by atoms with van der Waals surface area (Å²) in [7, 11) is 2.11. The third-order valence-electron chi connectivity index (χ3n) is 6.68. The molecule has 0 radical (unpaired) electrons. The summed E-state index contributed by atoms with van der Waals surface area (Å²) in [6, 6.07) is 10.7. The average molecular weight is 381 g/mol. The molecule has 2 atom stereocenters. The van der Waals surface area contributed by atoms with Crippen molar-refractivity contribution in [2.75, 3.05) is 33.4 Å². The molecule has 1 aromatic heterocycles. The quantitative estimate of drug-likeness (QED) is 0.855. The van der Waals surface area contributed by atoms with Gasteiger partial charge in [0, 0.05) is 49.0 Å². The van der Waals surface area contributed by atoms with E-state index in [2.05, 4.69) is 68.0 Å². The van der Waals surface area contributed by atoms with Crippen molar-refractivity contribution < 1.29 is 9.84 Å². The van der Waals surface area contributed by atoms with E-state index in [9.17, 15) is 5.11 Å². The molecule has 0 aliphatic carbocycles. The number of nitrogens with zero attached hydrogens (tertiary/aromatic N) is 2. The Labute approximate surface area is 168 Å². The molecule has 2 saturated heterocycles. The minimum Gasteiger partial charge on any atom is -0.381 e. The van der Waals surface area contributed by atoms with Crippen LogP contribution in [0.15, 0.2) is 42.7 Å². The lowest BCUT2D eigenvalue weighted by molar-refractivity contribution is -0.127. The van der Waals surface area contributed by atoms with Crippen molar-refractivity contribution in [1.82, 2.24) is 9.88 Å². The predicted octanol–water partition coefficient (Wildman–Crippen LogP) is 3.90. The second-order valence-corrected chi connectivity index (χ2v) is 9.29. The third-order valence-corrected chi connectivity index (χ3v) is 6.68. The van der Waals surface area contributed by atoms with Crippen LogP contribution in [0.4, 0.5) is 0 Å². The topological polar surface area (TPSA) is 45.6 Å². The lowest BCUT2D eigenvalue weighted by Gasteiger charge is -2.56. The molecule has 1 aromatic carbocycles. The van der Waals surface area contributed by atoms with Crippen LogP contribution >= 0.6 is 0 Å². The summed E-state index contributed by atoms with van der Waals surface area (Å²) in [5.74, 6) is 0.844. The number of rotatable bonds is 5. The van der Waals surface area contributed by atoms with Crippen LogP contribution in [0.5, 0.6) is 0 Å². The molecule has 28 heavy (non-hydrogen) atoms. The van der Waals surface area contributed by atoms with E-state index in [0.717, 1.165) is 43.9 Å². The number of aliphatic hydroxyl groups is 1. The Morgan fingerprint density at radius 1 is 1.18 bits per heavy atom. The second-order valence-electron chi connectivity index (χ2n) is 9.29. The zero-order valence-corrected chi connectivity index (χ0v) is 17.5. The van der Waals surface area contributed by atoms with E-state index >= 15 is 0 Å². The van der Waals surface area contributed by atoms with Crippen LogP contribution in [-0.2, 0) is 10.3 Å². The number of ether oxygens (including phenoxy) is 1. The number of pyridine rings is 1. The molecule has 0 saturated carbocycles. The molecule has 150 valence electrons. The molecule has 4 nitrogen and oxygen atoms in total. The zero-order valence-electron chi connectivity index (χ0n) is 17.5. The molecule has 2 unspecified atom stereocenters. The van der Waals surface area contributed by atoms with Crippen LogP contribution in [0.2, 0.25) is 0 Å². The van der Waals surface area contributed by atoms with E-state index in [0.29, 0.717) is 11.8 Å². The van der Waals surface area contributed by atoms with Crippen molar-refractivity contribution in [3.05, 3.63) is 65.0 Å². The molecule has 3 heterocycles. The molecule has 2 aliphatic rings. The number of hydrogen-bond donors (Lipinski definition) is 1. The largest absolute Gasteiger partial charge is 0.381 e. The molecule has 0 amide bonds. The van der Waals surface area contributed by atoms with Crippen molar-refractivity contribution in [3.63, 3.8) is 0 Å². The van der Waals surface area contributed by atoms with E-state index in [4.69, 9.17) is 4.74 Å². The summed E-state index contributed by atoms with van der Waals surface area (Å²) in [5, 5.41) is 12.2. The maximum absolute atomic E-state index is 12.2. The first-order chi connectivity index (χ1) is 13.3. The summed E-state index contributed by atoms with van der Waals surface area (Å²) in [6.07, 6.45) is 4.80. The maximum atomic E-state index is 12.2. The monoisotopic (exact) mass is 380 g/mol. The van der Waals surface area contributed by atoms with Gasteiger partial charge in [-0.2, -0.15) is 0 Å². The molecule has 2 aromatic rings. The Morgan fingerprint density at radius 2 is 1.89 bits per heavy atom. The Balaban J connectivity index is 1.79. The Hall–Kier alpha value is -1.75. The van der Waals surface area contributed by atoms with Crippen molar-refractivity contribution >= 4 is 0 Å². The Kier molecular flexibility index (Phi) is 5.07. The van der Waals surface area contributed by atoms with Crippen molar-refractivity contribution in [2.45, 2.75) is 44.6 Å². The Bertz CT molecular complexity index is 821. The molecule has 4 rings (SSSR count). The summed E-state index contributed by atoms with van der Waals surface area (Å²) in [4.78, 5) is 6.79. The highest BCUT2D eigenvalue weighted by Gasteiger charge is 2.55. The van der Waals surface area contributed by atoms with Gasteiger partial charge in [0.05, 0.1) is 6.61 Å². The third kappa shape index (κ3) is 3.18. The zero-order chi connectivity index (χ0) is 19.9. The second kappa shape index (κ2) is 7.25. The van der Waals surface area contributed by atoms with Gasteiger partial charge >= 0.3 is 0 Å². The molecule has 2 fully saturated rings. The van der Waals surface area contributed by atoms with Gasteiger partial charge in [0.25, 0.3) is 0 Å². The first-order valence-electron chi connectivity index (χ1n) is 10.4. The van der Waals surface area contributed by atoms with Crippen LogP contribution in [0.25, 0.3) is 0 Å². The molecular formula is C24H32N2O2. The lowest BCUT2D eigenvalue weighted by Crippen LogP contribution is -2.63. The summed E-state index contributed by atoms with van der Waals surface area (Å²) < 4.78 is 5.57. The van der Waals surface area contributed by atoms with E-state index in [1.54, 1.807) is 0 Å². The van der Waals surface area contributed by atoms with Gasteiger partial charge < -0.3 is 14.7 Å². The van der Waals surface area contributed by atoms with Gasteiger partial charge in [0.2, 0.25) is 0 Å². The van der Waals surface area contributed by atoms with Crippen molar-refractivity contribution in [2.24, 2.45) is 5.41 Å². The minimum absolute atomic E-state index is 0.256. The highest BCUT2D eigenvalue weighted by molar-refractivity contribution is 5.42. The van der Waals surface area contributed by atoms with Crippen molar-refractivity contribution in [1.29, 1.82) is 0 Å². The smallest absolute Gasteiger partial charge is 0.124 e. The average Bonchev–Trinajstić information content (AvgIpc) is 3.21. The number of hydrogen-bond acceptors (Lipinski definition) is 4. The Morgan fingerprint density at radius 3 is 2.46 bits per heavy atom. The summed E-state index contributed by atoms with van der Waals surface area (Å²) >= 11 is 0. The highest BCUT2D eigenvalue weighted by atomic mass is 16.5. The van der Waals surface area contributed by atoms with Gasteiger partial charge in [-0.3, -0.25) is 4.98 Å². The summed E-state index contributed by atoms with van der Waals surface area (Å²) in [5.41, 5.74) is 2.98. The summed E-state index contributed by atoms with van der Waals surface area (Å²) in [6.45, 7) is 9.83. The molecular weight excluding hydrogens is 348 g/mol. The van der Waals surface area contributed by atoms with Crippen LogP contribution in [0.3, 0.4) is 0 Å². The van der Waals surface area contributed by atoms with Crippen molar-refractivity contribution in [3.8, 4) is 0 Å². The highest BCUT2D eigenvalue weighted by Crippen LogP contribution is 2.50. The molecule has 0 spiro atoms. The minimum atomic E-state index is -1.07. The maximum Gasteiger partial charge on any atom is 0.124 e. The van der Waals surface area contributed by atoms with Crippen LogP contribution in [-0.4, -0.2) is 48.3 Å². The molecule has 4 heteroatoms. The van der Waals surface area contributed by atoms with E-state index in [1.165, 1.54) is 11.1 Å². The number of benzene rings is 1. The molecule has 1 N–H and O–H groups in total. The fourth-order valence-electron chi connectivity index (χ4n) is 5.02. The van der Waals surface area contributed by atoms with E-state index < -0.39 is 5.60 Å². The fraction of sp³-hybridized carbons (Fsp3) is 0.542. The first kappa shape index (κ1) is 19.6. The van der Waals surface area contributed by atoms with Gasteiger partial charge in [0.15, 0.2) is 0 Å². The van der Waals surface area contributed by atoms with Crippen LogP contribution in [0, 0.1) is 5.41 Å². The van der Waals surface area contributed by atoms with Gasteiger partial charge in [-0.15, -0.1) is 0 Å². The fourth-order valence-corrected chi connectivity index (χ4v) is 5.02. The number of aromatic nitrogens is 1. The molecule has 0 bridgehead atoms. The van der Waals surface area contributed by atoms with E-state index in [1.807, 2.05) is 12.4 Å². The SMILES string of the molecule is CC(C)c1ccc(C(O)(c2cncc(C3CCOC3)c2)C2(C)CN(C)C2)cc1. The van der Waals surface area contributed by atoms with Gasteiger partial charge in [0.1, 0.15) is 5.60 Å².